The molecule has 0 heterocycles. The zero-order valence-corrected chi connectivity index (χ0v) is 14.5. The largest absolute Gasteiger partial charge is 0.495 e. The van der Waals surface area contributed by atoms with Crippen molar-refractivity contribution in [2.45, 2.75) is 13.8 Å². The van der Waals surface area contributed by atoms with Crippen molar-refractivity contribution in [2.24, 2.45) is 0 Å². The van der Waals surface area contributed by atoms with Crippen LogP contribution in [0, 0.1) is 6.92 Å². The van der Waals surface area contributed by atoms with Gasteiger partial charge < -0.3 is 15.4 Å². The van der Waals surface area contributed by atoms with Crippen LogP contribution in [0.3, 0.4) is 0 Å². The van der Waals surface area contributed by atoms with E-state index >= 15 is 0 Å². The maximum Gasteiger partial charge on any atom is 0.243 e. The second kappa shape index (κ2) is 7.84. The lowest BCUT2D eigenvalue weighted by molar-refractivity contribution is -0.114. The van der Waals surface area contributed by atoms with Crippen LogP contribution in [-0.2, 0) is 4.79 Å². The van der Waals surface area contributed by atoms with Gasteiger partial charge in [-0.25, -0.2) is 0 Å². The third-order valence-corrected chi connectivity index (χ3v) is 3.91. The summed E-state index contributed by atoms with van der Waals surface area (Å²) in [6.45, 7) is 3.36. The molecule has 0 aliphatic carbocycles. The average Bonchev–Trinajstić information content (AvgIpc) is 2.56. The molecule has 0 saturated carbocycles. The number of ether oxygens (including phenoxy) is 1. The van der Waals surface area contributed by atoms with Crippen molar-refractivity contribution in [1.82, 2.24) is 0 Å². The molecule has 6 heteroatoms. The zero-order valence-electron chi connectivity index (χ0n) is 13.8. The van der Waals surface area contributed by atoms with Gasteiger partial charge in [-0.2, -0.15) is 0 Å². The van der Waals surface area contributed by atoms with Crippen LogP contribution in [0.2, 0.25) is 5.02 Å². The number of amides is 1. The molecule has 2 N–H and O–H groups in total. The van der Waals surface area contributed by atoms with E-state index in [2.05, 4.69) is 10.6 Å². The quantitative estimate of drug-likeness (QED) is 0.778. The Morgan fingerprint density at radius 1 is 1.17 bits per heavy atom. The molecule has 0 saturated heterocycles. The maximum absolute atomic E-state index is 12.2. The fourth-order valence-electron chi connectivity index (χ4n) is 2.24. The van der Waals surface area contributed by atoms with Gasteiger partial charge in [-0.15, -0.1) is 0 Å². The highest BCUT2D eigenvalue weighted by atomic mass is 35.5. The molecule has 0 aromatic heterocycles. The van der Waals surface area contributed by atoms with Gasteiger partial charge in [0.15, 0.2) is 5.78 Å². The summed E-state index contributed by atoms with van der Waals surface area (Å²) in [5, 5.41) is 6.32. The molecule has 5 nitrogen and oxygen atoms in total. The van der Waals surface area contributed by atoms with Gasteiger partial charge in [0.05, 0.1) is 19.3 Å². The first kappa shape index (κ1) is 17.8. The molecule has 0 radical (unpaired) electrons. The van der Waals surface area contributed by atoms with Gasteiger partial charge in [0, 0.05) is 22.3 Å². The van der Waals surface area contributed by atoms with Crippen LogP contribution in [0.4, 0.5) is 11.4 Å². The second-order valence-electron chi connectivity index (χ2n) is 5.31. The molecule has 2 aromatic rings. The van der Waals surface area contributed by atoms with Crippen LogP contribution < -0.4 is 15.4 Å². The normalized spacial score (nSPS) is 10.2. The highest BCUT2D eigenvalue weighted by molar-refractivity contribution is 6.31. The highest BCUT2D eigenvalue weighted by Crippen LogP contribution is 2.30. The highest BCUT2D eigenvalue weighted by Gasteiger charge is 2.11. The lowest BCUT2D eigenvalue weighted by Gasteiger charge is -2.13. The number of Topliss-reactive ketones (excluding diaryl/α,β-unsaturated/α-hetero) is 1. The number of carbonyl (C=O) groups is 2. The number of ketones is 1. The van der Waals surface area contributed by atoms with Gasteiger partial charge in [0.25, 0.3) is 0 Å². The van der Waals surface area contributed by atoms with Crippen molar-refractivity contribution in [3.63, 3.8) is 0 Å². The van der Waals surface area contributed by atoms with E-state index in [-0.39, 0.29) is 18.2 Å². The third kappa shape index (κ3) is 4.26. The number of halogens is 1. The van der Waals surface area contributed by atoms with Gasteiger partial charge in [-0.3, -0.25) is 9.59 Å². The van der Waals surface area contributed by atoms with E-state index in [1.165, 1.54) is 14.0 Å². The summed E-state index contributed by atoms with van der Waals surface area (Å²) in [6, 6.07) is 10.5. The molecule has 0 bridgehead atoms. The number of para-hydroxylation sites is 1. The molecule has 0 aliphatic rings. The van der Waals surface area contributed by atoms with Crippen molar-refractivity contribution in [1.29, 1.82) is 0 Å². The number of benzene rings is 2. The topological polar surface area (TPSA) is 67.4 Å². The van der Waals surface area contributed by atoms with Crippen molar-refractivity contribution in [2.75, 3.05) is 24.3 Å². The number of hydrogen-bond acceptors (Lipinski definition) is 4. The maximum atomic E-state index is 12.2. The molecule has 0 atom stereocenters. The molecule has 126 valence electrons. The first-order valence-corrected chi connectivity index (χ1v) is 7.78. The molecule has 0 spiro atoms. The summed E-state index contributed by atoms with van der Waals surface area (Å²) >= 11 is 6.05. The van der Waals surface area contributed by atoms with Crippen molar-refractivity contribution >= 4 is 34.7 Å². The van der Waals surface area contributed by atoms with Gasteiger partial charge in [-0.05, 0) is 37.6 Å². The van der Waals surface area contributed by atoms with Crippen LogP contribution in [0.5, 0.6) is 5.75 Å². The number of nitrogens with one attached hydrogen (secondary N) is 2. The van der Waals surface area contributed by atoms with E-state index in [9.17, 15) is 9.59 Å². The van der Waals surface area contributed by atoms with E-state index in [4.69, 9.17) is 16.3 Å². The Kier molecular flexibility index (Phi) is 5.82. The molecule has 2 rings (SSSR count). The number of rotatable bonds is 6. The van der Waals surface area contributed by atoms with Crippen LogP contribution in [-0.4, -0.2) is 25.3 Å². The van der Waals surface area contributed by atoms with Crippen LogP contribution in [0.25, 0.3) is 0 Å². The fourth-order valence-corrected chi connectivity index (χ4v) is 2.40. The summed E-state index contributed by atoms with van der Waals surface area (Å²) in [5.41, 5.74) is 2.55. The molecule has 0 fully saturated rings. The van der Waals surface area contributed by atoms with Gasteiger partial charge in [0.1, 0.15) is 5.75 Å². The third-order valence-electron chi connectivity index (χ3n) is 3.50. The number of methoxy groups -OCH3 is 1. The lowest BCUT2D eigenvalue weighted by Crippen LogP contribution is -2.22. The molecule has 0 unspecified atom stereocenters. The SMILES string of the molecule is COc1cc(Cl)c(C)cc1NC(=O)CNc1ccccc1C(C)=O. The molecular formula is C18H19ClN2O3. The summed E-state index contributed by atoms with van der Waals surface area (Å²) < 4.78 is 5.23. The van der Waals surface area contributed by atoms with Gasteiger partial charge >= 0.3 is 0 Å². The Labute approximate surface area is 146 Å². The summed E-state index contributed by atoms with van der Waals surface area (Å²) in [4.78, 5) is 23.8. The van der Waals surface area contributed by atoms with Crippen molar-refractivity contribution in [3.05, 3.63) is 52.5 Å². The minimum atomic E-state index is -0.256. The first-order chi connectivity index (χ1) is 11.4. The average molecular weight is 347 g/mol. The fraction of sp³-hybridized carbons (Fsp3) is 0.222. The number of hydrogen-bond donors (Lipinski definition) is 2. The minimum Gasteiger partial charge on any atom is -0.495 e. The van der Waals surface area contributed by atoms with Crippen LogP contribution in [0.1, 0.15) is 22.8 Å². The Bertz CT molecular complexity index is 775. The van der Waals surface area contributed by atoms with Crippen LogP contribution >= 0.6 is 11.6 Å². The molecule has 24 heavy (non-hydrogen) atoms. The minimum absolute atomic E-state index is 0.0229. The molecule has 0 aliphatic heterocycles. The van der Waals surface area contributed by atoms with E-state index in [1.807, 2.05) is 6.92 Å². The summed E-state index contributed by atoms with van der Waals surface area (Å²) in [6.07, 6.45) is 0. The lowest BCUT2D eigenvalue weighted by atomic mass is 10.1. The predicted molar refractivity (Wildman–Crippen MR) is 96.3 cm³/mol. The summed E-state index contributed by atoms with van der Waals surface area (Å²) in [5.74, 6) is 0.171. The Hall–Kier alpha value is -2.53. The van der Waals surface area contributed by atoms with Crippen LogP contribution in [0.15, 0.2) is 36.4 Å². The second-order valence-corrected chi connectivity index (χ2v) is 5.71. The van der Waals surface area contributed by atoms with Crippen molar-refractivity contribution in [3.8, 4) is 5.75 Å². The van der Waals surface area contributed by atoms with E-state index in [0.29, 0.717) is 27.7 Å². The molecule has 1 amide bonds. The molecule has 2 aromatic carbocycles. The van der Waals surface area contributed by atoms with Gasteiger partial charge in [-0.1, -0.05) is 23.7 Å². The van der Waals surface area contributed by atoms with Crippen molar-refractivity contribution < 1.29 is 14.3 Å². The first-order valence-electron chi connectivity index (χ1n) is 7.40. The smallest absolute Gasteiger partial charge is 0.243 e. The number of carbonyl (C=O) groups excluding carboxylic acids is 2. The predicted octanol–water partition coefficient (Wildman–Crippen LogP) is 3.91. The monoisotopic (exact) mass is 346 g/mol. The standard InChI is InChI=1S/C18H19ClN2O3/c1-11-8-16(17(24-3)9-14(11)19)21-18(23)10-20-15-7-5-4-6-13(15)12(2)22/h4-9,20H,10H2,1-3H3,(H,21,23). The zero-order chi connectivity index (χ0) is 17.7. The number of aryl methyl sites for hydroxylation is 1. The number of anilines is 2. The Morgan fingerprint density at radius 3 is 2.54 bits per heavy atom. The van der Waals surface area contributed by atoms with E-state index in [0.717, 1.165) is 5.56 Å². The molecular weight excluding hydrogens is 328 g/mol. The van der Waals surface area contributed by atoms with E-state index < -0.39 is 0 Å². The Morgan fingerprint density at radius 2 is 1.88 bits per heavy atom. The van der Waals surface area contributed by atoms with Gasteiger partial charge in [0.2, 0.25) is 5.91 Å². The summed E-state index contributed by atoms with van der Waals surface area (Å²) in [7, 11) is 1.51. The Balaban J connectivity index is 2.07. The van der Waals surface area contributed by atoms with E-state index in [1.54, 1.807) is 36.4 Å².